The molecule has 0 aliphatic rings. The molecule has 86 valence electrons. The largest absolute Gasteiger partial charge is 0.356 e. The van der Waals surface area contributed by atoms with Gasteiger partial charge in [-0.1, -0.05) is 27.7 Å². The van der Waals surface area contributed by atoms with E-state index in [9.17, 15) is 0 Å². The topological polar surface area (TPSA) is 29.9 Å². The predicted octanol–water partition coefficient (Wildman–Crippen LogP) is 3.31. The zero-order valence-electron chi connectivity index (χ0n) is 10.5. The molecule has 1 heterocycles. The molecule has 0 saturated carbocycles. The van der Waals surface area contributed by atoms with E-state index in [1.165, 1.54) is 0 Å². The molecule has 0 radical (unpaired) electrons. The van der Waals surface area contributed by atoms with Crippen molar-refractivity contribution in [3.8, 4) is 0 Å². The first-order valence-electron chi connectivity index (χ1n) is 5.73. The fourth-order valence-corrected chi connectivity index (χ4v) is 1.42. The number of rotatable bonds is 4. The van der Waals surface area contributed by atoms with Gasteiger partial charge in [-0.05, 0) is 18.8 Å². The second-order valence-corrected chi connectivity index (χ2v) is 5.13. The summed E-state index contributed by atoms with van der Waals surface area (Å²) in [5.41, 5.74) is 0.253. The van der Waals surface area contributed by atoms with Crippen molar-refractivity contribution < 1.29 is 0 Å². The van der Waals surface area contributed by atoms with Crippen LogP contribution in [-0.4, -0.2) is 16.1 Å². The van der Waals surface area contributed by atoms with Crippen molar-refractivity contribution in [2.45, 2.75) is 47.1 Å². The molecule has 1 aromatic heterocycles. The van der Waals surface area contributed by atoms with Crippen LogP contribution in [0.4, 0.5) is 5.95 Å². The summed E-state index contributed by atoms with van der Waals surface area (Å²) in [6.45, 7) is 12.1. The summed E-state index contributed by atoms with van der Waals surface area (Å²) in [5, 5.41) is 3.35. The molecule has 0 amide bonds. The van der Waals surface area contributed by atoms with Crippen molar-refractivity contribution in [3.63, 3.8) is 0 Å². The van der Waals surface area contributed by atoms with Crippen LogP contribution in [0.3, 0.4) is 0 Å². The van der Waals surface area contributed by atoms with E-state index in [-0.39, 0.29) is 5.41 Å². The lowest BCUT2D eigenvalue weighted by Crippen LogP contribution is -2.22. The summed E-state index contributed by atoms with van der Waals surface area (Å²) in [6, 6.07) is 0.444. The van der Waals surface area contributed by atoms with Crippen LogP contribution in [0.1, 0.15) is 47.1 Å². The molecule has 0 saturated heterocycles. The van der Waals surface area contributed by atoms with Crippen LogP contribution in [-0.2, 0) is 0 Å². The van der Waals surface area contributed by atoms with Crippen LogP contribution in [0.25, 0.3) is 0 Å². The minimum absolute atomic E-state index is 0.253. The molecule has 1 aromatic rings. The minimum atomic E-state index is 0.253. The molecule has 0 spiro atoms. The Labute approximate surface area is 92.9 Å². The Hall–Kier alpha value is -0.990. The van der Waals surface area contributed by atoms with Gasteiger partial charge in [0.25, 0.3) is 0 Å². The van der Waals surface area contributed by atoms with Crippen LogP contribution < -0.4 is 5.32 Å². The lowest BCUT2D eigenvalue weighted by molar-refractivity contribution is 0.264. The third-order valence-electron chi connectivity index (χ3n) is 2.87. The molecule has 1 rings (SSSR count). The Bertz CT molecular complexity index is 296. The Balaban J connectivity index is 2.80. The lowest BCUT2D eigenvalue weighted by atomic mass is 9.88. The van der Waals surface area contributed by atoms with Gasteiger partial charge in [0.15, 0.2) is 0 Å². The standard InChI is InChI=1S/C12H23N3/c1-6-7-13-11-14-8-9-15(11)10(2)12(3,4)5/h8-10H,6-7H2,1-5H3,(H,13,14). The highest BCUT2D eigenvalue weighted by molar-refractivity contribution is 5.26. The Morgan fingerprint density at radius 1 is 1.47 bits per heavy atom. The summed E-state index contributed by atoms with van der Waals surface area (Å²) in [7, 11) is 0. The second kappa shape index (κ2) is 4.69. The van der Waals surface area contributed by atoms with Crippen molar-refractivity contribution in [1.82, 2.24) is 9.55 Å². The summed E-state index contributed by atoms with van der Waals surface area (Å²) in [4.78, 5) is 4.34. The molecule has 1 atom stereocenters. The van der Waals surface area contributed by atoms with Crippen LogP contribution in [0, 0.1) is 5.41 Å². The third-order valence-corrected chi connectivity index (χ3v) is 2.87. The highest BCUT2D eigenvalue weighted by atomic mass is 15.2. The quantitative estimate of drug-likeness (QED) is 0.824. The summed E-state index contributed by atoms with van der Waals surface area (Å²) in [5.74, 6) is 0.985. The van der Waals surface area contributed by atoms with Gasteiger partial charge in [0.1, 0.15) is 0 Å². The number of imidazole rings is 1. The smallest absolute Gasteiger partial charge is 0.203 e. The Morgan fingerprint density at radius 3 is 2.67 bits per heavy atom. The summed E-state index contributed by atoms with van der Waals surface area (Å²) < 4.78 is 2.22. The maximum Gasteiger partial charge on any atom is 0.203 e. The molecule has 15 heavy (non-hydrogen) atoms. The van der Waals surface area contributed by atoms with Gasteiger partial charge < -0.3 is 9.88 Å². The molecular weight excluding hydrogens is 186 g/mol. The van der Waals surface area contributed by atoms with E-state index in [1.54, 1.807) is 0 Å². The second-order valence-electron chi connectivity index (χ2n) is 5.13. The van der Waals surface area contributed by atoms with Crippen LogP contribution in [0.5, 0.6) is 0 Å². The Kier molecular flexibility index (Phi) is 3.77. The van der Waals surface area contributed by atoms with E-state index in [1.807, 2.05) is 12.4 Å². The van der Waals surface area contributed by atoms with Gasteiger partial charge in [-0.2, -0.15) is 0 Å². The van der Waals surface area contributed by atoms with Gasteiger partial charge in [0, 0.05) is 25.0 Å². The van der Waals surface area contributed by atoms with Gasteiger partial charge in [0.05, 0.1) is 0 Å². The molecule has 0 bridgehead atoms. The van der Waals surface area contributed by atoms with E-state index in [0.29, 0.717) is 6.04 Å². The number of hydrogen-bond donors (Lipinski definition) is 1. The highest BCUT2D eigenvalue weighted by Crippen LogP contribution is 2.31. The van der Waals surface area contributed by atoms with Crippen molar-refractivity contribution >= 4 is 5.95 Å². The number of nitrogens with zero attached hydrogens (tertiary/aromatic N) is 2. The first kappa shape index (κ1) is 12.1. The van der Waals surface area contributed by atoms with E-state index in [4.69, 9.17) is 0 Å². The molecule has 1 unspecified atom stereocenters. The average Bonchev–Trinajstić information content (AvgIpc) is 2.59. The van der Waals surface area contributed by atoms with Gasteiger partial charge in [-0.15, -0.1) is 0 Å². The van der Waals surface area contributed by atoms with E-state index in [2.05, 4.69) is 49.5 Å². The first-order chi connectivity index (χ1) is 6.96. The first-order valence-corrected chi connectivity index (χ1v) is 5.73. The zero-order valence-corrected chi connectivity index (χ0v) is 10.5. The number of hydrogen-bond acceptors (Lipinski definition) is 2. The summed E-state index contributed by atoms with van der Waals surface area (Å²) in [6.07, 6.45) is 5.03. The van der Waals surface area contributed by atoms with Crippen LogP contribution >= 0.6 is 0 Å². The SMILES string of the molecule is CCCNc1nccn1C(C)C(C)(C)C. The molecule has 0 fully saturated rings. The maximum atomic E-state index is 4.34. The van der Waals surface area contributed by atoms with Crippen LogP contribution in [0.2, 0.25) is 0 Å². The maximum absolute atomic E-state index is 4.34. The van der Waals surface area contributed by atoms with Crippen molar-refractivity contribution in [3.05, 3.63) is 12.4 Å². The van der Waals surface area contributed by atoms with E-state index >= 15 is 0 Å². The van der Waals surface area contributed by atoms with Crippen molar-refractivity contribution in [1.29, 1.82) is 0 Å². The third kappa shape index (κ3) is 2.98. The predicted molar refractivity (Wildman–Crippen MR) is 65.2 cm³/mol. The molecule has 1 N–H and O–H groups in total. The number of anilines is 1. The normalized spacial score (nSPS) is 13.9. The van der Waals surface area contributed by atoms with Gasteiger partial charge in [0.2, 0.25) is 5.95 Å². The van der Waals surface area contributed by atoms with E-state index in [0.717, 1.165) is 18.9 Å². The van der Waals surface area contributed by atoms with E-state index < -0.39 is 0 Å². The molecular formula is C12H23N3. The fraction of sp³-hybridized carbons (Fsp3) is 0.750. The van der Waals surface area contributed by atoms with Gasteiger partial charge >= 0.3 is 0 Å². The van der Waals surface area contributed by atoms with Crippen molar-refractivity contribution in [2.24, 2.45) is 5.41 Å². The number of aromatic nitrogens is 2. The molecule has 0 aromatic carbocycles. The molecule has 0 aliphatic carbocycles. The zero-order chi connectivity index (χ0) is 11.5. The van der Waals surface area contributed by atoms with Crippen molar-refractivity contribution in [2.75, 3.05) is 11.9 Å². The monoisotopic (exact) mass is 209 g/mol. The molecule has 0 aliphatic heterocycles. The van der Waals surface area contributed by atoms with Gasteiger partial charge in [-0.25, -0.2) is 4.98 Å². The molecule has 3 nitrogen and oxygen atoms in total. The fourth-order valence-electron chi connectivity index (χ4n) is 1.42. The average molecular weight is 209 g/mol. The van der Waals surface area contributed by atoms with Crippen LogP contribution in [0.15, 0.2) is 12.4 Å². The molecule has 3 heteroatoms. The van der Waals surface area contributed by atoms with Gasteiger partial charge in [-0.3, -0.25) is 0 Å². The summed E-state index contributed by atoms with van der Waals surface area (Å²) >= 11 is 0. The lowest BCUT2D eigenvalue weighted by Gasteiger charge is -2.29. The Morgan fingerprint density at radius 2 is 2.13 bits per heavy atom. The highest BCUT2D eigenvalue weighted by Gasteiger charge is 2.23. The number of nitrogens with one attached hydrogen (secondary N) is 1. The minimum Gasteiger partial charge on any atom is -0.356 e.